The molecule has 0 saturated heterocycles. The fraction of sp³-hybridized carbons (Fsp3) is 0.650. The lowest BCUT2D eigenvalue weighted by Gasteiger charge is -2.45. The minimum absolute atomic E-state index is 0.00571. The highest BCUT2D eigenvalue weighted by Gasteiger charge is 2.37. The van der Waals surface area contributed by atoms with Gasteiger partial charge < -0.3 is 10.2 Å². The van der Waals surface area contributed by atoms with Crippen molar-refractivity contribution in [3.05, 3.63) is 29.8 Å². The molecule has 0 unspecified atom stereocenters. The van der Waals surface area contributed by atoms with Crippen molar-refractivity contribution in [3.8, 4) is 0 Å². The van der Waals surface area contributed by atoms with Crippen molar-refractivity contribution in [1.29, 1.82) is 0 Å². The van der Waals surface area contributed by atoms with Crippen molar-refractivity contribution in [3.63, 3.8) is 0 Å². The van der Waals surface area contributed by atoms with E-state index in [4.69, 9.17) is 0 Å². The molecule has 1 saturated carbocycles. The number of rotatable bonds is 6. The Kier molecular flexibility index (Phi) is 6.51. The highest BCUT2D eigenvalue weighted by atomic mass is 32.2. The van der Waals surface area contributed by atoms with Crippen molar-refractivity contribution < 1.29 is 13.2 Å². The smallest absolute Gasteiger partial charge is 0.251 e. The summed E-state index contributed by atoms with van der Waals surface area (Å²) in [5.41, 5.74) is 0.485. The quantitative estimate of drug-likeness (QED) is 0.823. The molecular weight excluding hydrogens is 348 g/mol. The van der Waals surface area contributed by atoms with Gasteiger partial charge in [0.1, 0.15) is 0 Å². The van der Waals surface area contributed by atoms with Crippen LogP contribution in [-0.4, -0.2) is 50.7 Å². The van der Waals surface area contributed by atoms with Gasteiger partial charge in [-0.05, 0) is 71.0 Å². The molecule has 146 valence electrons. The van der Waals surface area contributed by atoms with Gasteiger partial charge in [-0.2, -0.15) is 0 Å². The number of sulfone groups is 1. The molecule has 1 amide bonds. The van der Waals surface area contributed by atoms with Gasteiger partial charge in [-0.3, -0.25) is 4.79 Å². The molecule has 5 nitrogen and oxygen atoms in total. The van der Waals surface area contributed by atoms with E-state index in [0.717, 1.165) is 12.8 Å². The first-order chi connectivity index (χ1) is 12.1. The van der Waals surface area contributed by atoms with E-state index in [0.29, 0.717) is 18.0 Å². The number of carbonyl (C=O) groups is 1. The van der Waals surface area contributed by atoms with Gasteiger partial charge in [0.05, 0.1) is 10.1 Å². The summed E-state index contributed by atoms with van der Waals surface area (Å²) in [6, 6.07) is 6.23. The monoisotopic (exact) mass is 380 g/mol. The predicted octanol–water partition coefficient (Wildman–Crippen LogP) is 3.11. The molecule has 0 bridgehead atoms. The van der Waals surface area contributed by atoms with Crippen molar-refractivity contribution in [2.45, 2.75) is 62.1 Å². The first kappa shape index (κ1) is 20.9. The summed E-state index contributed by atoms with van der Waals surface area (Å²) >= 11 is 0. The van der Waals surface area contributed by atoms with Gasteiger partial charge in [-0.15, -0.1) is 0 Å². The van der Waals surface area contributed by atoms with Gasteiger partial charge in [0.15, 0.2) is 9.84 Å². The molecule has 0 aliphatic heterocycles. The van der Waals surface area contributed by atoms with E-state index < -0.39 is 15.1 Å². The van der Waals surface area contributed by atoms with Gasteiger partial charge in [0.2, 0.25) is 0 Å². The number of benzene rings is 1. The lowest BCUT2D eigenvalue weighted by atomic mass is 9.75. The van der Waals surface area contributed by atoms with Crippen LogP contribution in [0, 0.1) is 5.92 Å². The second kappa shape index (κ2) is 8.09. The molecule has 1 fully saturated rings. The Morgan fingerprint density at radius 3 is 2.38 bits per heavy atom. The molecular formula is C20H32N2O3S. The van der Waals surface area contributed by atoms with Crippen molar-refractivity contribution in [1.82, 2.24) is 10.2 Å². The van der Waals surface area contributed by atoms with Crippen LogP contribution in [0.1, 0.15) is 56.8 Å². The van der Waals surface area contributed by atoms with E-state index in [2.05, 4.69) is 31.2 Å². The molecule has 0 spiro atoms. The number of nitrogens with one attached hydrogen (secondary N) is 1. The lowest BCUT2D eigenvalue weighted by Crippen LogP contribution is -2.55. The summed E-state index contributed by atoms with van der Waals surface area (Å²) in [4.78, 5) is 15.0. The average Bonchev–Trinajstić information content (AvgIpc) is 2.59. The normalized spacial score (nSPS) is 24.0. The molecule has 0 aromatic heterocycles. The number of carbonyl (C=O) groups excluding carboxylic acids is 1. The molecule has 1 aromatic carbocycles. The third kappa shape index (κ3) is 4.46. The molecule has 2 rings (SSSR count). The average molecular weight is 381 g/mol. The largest absolute Gasteiger partial charge is 0.350 e. The SMILES string of the molecule is CC(C)S(=O)(=O)c1ccc(C(=O)NC[C@]2(N(C)C)CCC[C@H](C)C2)cc1. The summed E-state index contributed by atoms with van der Waals surface area (Å²) < 4.78 is 24.4. The van der Waals surface area contributed by atoms with Crippen LogP contribution in [0.4, 0.5) is 0 Å². The minimum Gasteiger partial charge on any atom is -0.350 e. The fourth-order valence-electron chi connectivity index (χ4n) is 3.77. The van der Waals surface area contributed by atoms with E-state index in [1.54, 1.807) is 26.0 Å². The van der Waals surface area contributed by atoms with E-state index in [-0.39, 0.29) is 16.3 Å². The summed E-state index contributed by atoms with van der Waals surface area (Å²) in [5, 5.41) is 2.59. The molecule has 1 aliphatic rings. The van der Waals surface area contributed by atoms with Crippen LogP contribution in [0.5, 0.6) is 0 Å². The highest BCUT2D eigenvalue weighted by molar-refractivity contribution is 7.92. The van der Waals surface area contributed by atoms with E-state index >= 15 is 0 Å². The van der Waals surface area contributed by atoms with Gasteiger partial charge in [0, 0.05) is 17.6 Å². The van der Waals surface area contributed by atoms with E-state index in [9.17, 15) is 13.2 Å². The standard InChI is InChI=1S/C20H32N2O3S/c1-15(2)26(24,25)18-10-8-17(9-11-18)19(23)21-14-20(22(4)5)12-6-7-16(3)13-20/h8-11,15-16H,6-7,12-14H2,1-5H3,(H,21,23)/t16-,20-/m0/s1. The Hall–Kier alpha value is -1.40. The highest BCUT2D eigenvalue weighted by Crippen LogP contribution is 2.35. The van der Waals surface area contributed by atoms with Crippen LogP contribution in [0.15, 0.2) is 29.2 Å². The Morgan fingerprint density at radius 1 is 1.27 bits per heavy atom. The van der Waals surface area contributed by atoms with Crippen LogP contribution in [0.3, 0.4) is 0 Å². The number of likely N-dealkylation sites (N-methyl/N-ethyl adjacent to an activating group) is 1. The zero-order valence-electron chi connectivity index (χ0n) is 16.6. The molecule has 1 aromatic rings. The first-order valence-electron chi connectivity index (χ1n) is 9.38. The van der Waals surface area contributed by atoms with Crippen LogP contribution < -0.4 is 5.32 Å². The van der Waals surface area contributed by atoms with E-state index in [1.165, 1.54) is 25.0 Å². The molecule has 0 radical (unpaired) electrons. The van der Waals surface area contributed by atoms with Gasteiger partial charge >= 0.3 is 0 Å². The topological polar surface area (TPSA) is 66.5 Å². The molecule has 1 N–H and O–H groups in total. The fourth-order valence-corrected chi connectivity index (χ4v) is 4.83. The number of nitrogens with zero attached hydrogens (tertiary/aromatic N) is 1. The van der Waals surface area contributed by atoms with Crippen molar-refractivity contribution >= 4 is 15.7 Å². The predicted molar refractivity (Wildman–Crippen MR) is 105 cm³/mol. The zero-order valence-corrected chi connectivity index (χ0v) is 17.4. The van der Waals surface area contributed by atoms with Gasteiger partial charge in [-0.25, -0.2) is 8.42 Å². The number of hydrogen-bond donors (Lipinski definition) is 1. The molecule has 2 atom stereocenters. The van der Waals surface area contributed by atoms with Crippen LogP contribution in [0.25, 0.3) is 0 Å². The maximum atomic E-state index is 12.5. The molecule has 1 aliphatic carbocycles. The number of hydrogen-bond acceptors (Lipinski definition) is 4. The van der Waals surface area contributed by atoms with Crippen LogP contribution in [0.2, 0.25) is 0 Å². The summed E-state index contributed by atoms with van der Waals surface area (Å²) in [6.07, 6.45) is 4.58. The third-order valence-corrected chi connectivity index (χ3v) is 7.83. The number of amides is 1. The Morgan fingerprint density at radius 2 is 1.88 bits per heavy atom. The van der Waals surface area contributed by atoms with Gasteiger partial charge in [0.25, 0.3) is 5.91 Å². The minimum atomic E-state index is -3.31. The van der Waals surface area contributed by atoms with Crippen molar-refractivity contribution in [2.24, 2.45) is 5.92 Å². The maximum Gasteiger partial charge on any atom is 0.251 e. The molecule has 0 heterocycles. The lowest BCUT2D eigenvalue weighted by molar-refractivity contribution is 0.0675. The van der Waals surface area contributed by atoms with Crippen LogP contribution >= 0.6 is 0 Å². The maximum absolute atomic E-state index is 12.5. The van der Waals surface area contributed by atoms with Gasteiger partial charge in [-0.1, -0.05) is 19.8 Å². The molecule has 26 heavy (non-hydrogen) atoms. The second-order valence-corrected chi connectivity index (χ2v) is 10.6. The Balaban J connectivity index is 2.08. The van der Waals surface area contributed by atoms with E-state index in [1.807, 2.05) is 0 Å². The Bertz CT molecular complexity index is 726. The summed E-state index contributed by atoms with van der Waals surface area (Å²) in [5.74, 6) is 0.501. The Labute approximate surface area is 158 Å². The second-order valence-electron chi connectivity index (χ2n) is 8.12. The first-order valence-corrected chi connectivity index (χ1v) is 10.9. The molecule has 6 heteroatoms. The van der Waals surface area contributed by atoms with Crippen LogP contribution in [-0.2, 0) is 9.84 Å². The van der Waals surface area contributed by atoms with Crippen molar-refractivity contribution in [2.75, 3.05) is 20.6 Å². The summed E-state index contributed by atoms with van der Waals surface area (Å²) in [6.45, 7) is 6.19. The third-order valence-electron chi connectivity index (χ3n) is 5.66. The zero-order chi connectivity index (χ0) is 19.5. The summed E-state index contributed by atoms with van der Waals surface area (Å²) in [7, 11) is 0.844.